The minimum atomic E-state index is -0.134. The van der Waals surface area contributed by atoms with Crippen molar-refractivity contribution >= 4 is 0 Å². The summed E-state index contributed by atoms with van der Waals surface area (Å²) in [4.78, 5) is 0. The molecule has 0 saturated carbocycles. The Labute approximate surface area is 107 Å². The Kier molecular flexibility index (Phi) is 4.34. The van der Waals surface area contributed by atoms with Gasteiger partial charge in [0.15, 0.2) is 0 Å². The predicted octanol–water partition coefficient (Wildman–Crippen LogP) is 2.22. The van der Waals surface area contributed by atoms with Gasteiger partial charge in [0.2, 0.25) is 0 Å². The van der Waals surface area contributed by atoms with Gasteiger partial charge in [-0.05, 0) is 23.3 Å². The summed E-state index contributed by atoms with van der Waals surface area (Å²) in [6.45, 7) is 0.990. The van der Waals surface area contributed by atoms with E-state index in [1.807, 2.05) is 54.6 Å². The Bertz CT molecular complexity index is 485. The lowest BCUT2D eigenvalue weighted by molar-refractivity contribution is 0.305. The van der Waals surface area contributed by atoms with E-state index in [0.29, 0.717) is 13.2 Å². The number of ether oxygens (including phenoxy) is 1. The topological polar surface area (TPSA) is 61.3 Å². The van der Waals surface area contributed by atoms with Crippen LogP contribution in [0.25, 0.3) is 0 Å². The van der Waals surface area contributed by atoms with Crippen LogP contribution in [0.5, 0.6) is 5.75 Å². The quantitative estimate of drug-likeness (QED) is 0.845. The zero-order valence-corrected chi connectivity index (χ0v) is 10.3. The summed E-state index contributed by atoms with van der Waals surface area (Å²) in [5, 5.41) is 0. The molecule has 18 heavy (non-hydrogen) atoms. The van der Waals surface area contributed by atoms with Crippen LogP contribution in [0.15, 0.2) is 54.6 Å². The van der Waals surface area contributed by atoms with Gasteiger partial charge in [-0.15, -0.1) is 0 Å². The molecule has 0 bridgehead atoms. The number of hydrogen-bond donors (Lipinski definition) is 2. The Hall–Kier alpha value is -1.84. The molecule has 3 heteroatoms. The second kappa shape index (κ2) is 6.19. The summed E-state index contributed by atoms with van der Waals surface area (Å²) in [6, 6.07) is 17.7. The summed E-state index contributed by atoms with van der Waals surface area (Å²) in [6.07, 6.45) is 0. The average Bonchev–Trinajstić information content (AvgIpc) is 2.45. The fourth-order valence-corrected chi connectivity index (χ4v) is 1.71. The minimum Gasteiger partial charge on any atom is -0.489 e. The van der Waals surface area contributed by atoms with Crippen molar-refractivity contribution in [2.45, 2.75) is 12.6 Å². The van der Waals surface area contributed by atoms with Gasteiger partial charge in [-0.25, -0.2) is 0 Å². The Morgan fingerprint density at radius 1 is 1.00 bits per heavy atom. The van der Waals surface area contributed by atoms with Gasteiger partial charge in [-0.2, -0.15) is 0 Å². The lowest BCUT2D eigenvalue weighted by Crippen LogP contribution is -2.20. The van der Waals surface area contributed by atoms with Crippen molar-refractivity contribution in [3.05, 3.63) is 65.7 Å². The minimum absolute atomic E-state index is 0.134. The molecule has 0 aromatic heterocycles. The monoisotopic (exact) mass is 242 g/mol. The van der Waals surface area contributed by atoms with Crippen LogP contribution in [-0.2, 0) is 6.61 Å². The number of nitrogens with two attached hydrogens (primary N) is 2. The Balaban J connectivity index is 2.01. The third-order valence-corrected chi connectivity index (χ3v) is 2.79. The number of hydrogen-bond acceptors (Lipinski definition) is 3. The Morgan fingerprint density at radius 2 is 1.78 bits per heavy atom. The first-order valence-electron chi connectivity index (χ1n) is 6.02. The zero-order valence-electron chi connectivity index (χ0n) is 10.3. The maximum absolute atomic E-state index is 5.89. The van der Waals surface area contributed by atoms with Crippen LogP contribution in [-0.4, -0.2) is 6.54 Å². The second-order valence-electron chi connectivity index (χ2n) is 4.19. The molecule has 0 aliphatic rings. The molecular weight excluding hydrogens is 224 g/mol. The lowest BCUT2D eigenvalue weighted by atomic mass is 10.1. The molecular formula is C15H18N2O. The largest absolute Gasteiger partial charge is 0.489 e. The van der Waals surface area contributed by atoms with Gasteiger partial charge in [0, 0.05) is 12.6 Å². The maximum Gasteiger partial charge on any atom is 0.120 e. The van der Waals surface area contributed by atoms with Crippen molar-refractivity contribution in [2.24, 2.45) is 11.5 Å². The van der Waals surface area contributed by atoms with E-state index in [1.165, 1.54) is 0 Å². The number of rotatable bonds is 5. The molecule has 0 radical (unpaired) electrons. The van der Waals surface area contributed by atoms with Crippen LogP contribution in [0.3, 0.4) is 0 Å². The number of benzene rings is 2. The third kappa shape index (κ3) is 3.32. The molecule has 0 aliphatic heterocycles. The molecule has 2 aromatic rings. The van der Waals surface area contributed by atoms with Crippen LogP contribution < -0.4 is 16.2 Å². The van der Waals surface area contributed by atoms with Crippen molar-refractivity contribution < 1.29 is 4.74 Å². The molecule has 0 spiro atoms. The van der Waals surface area contributed by atoms with Gasteiger partial charge in [-0.1, -0.05) is 42.5 Å². The first kappa shape index (κ1) is 12.6. The van der Waals surface area contributed by atoms with Gasteiger partial charge >= 0.3 is 0 Å². The van der Waals surface area contributed by atoms with E-state index in [2.05, 4.69) is 0 Å². The molecule has 2 rings (SSSR count). The van der Waals surface area contributed by atoms with Crippen molar-refractivity contribution in [3.63, 3.8) is 0 Å². The van der Waals surface area contributed by atoms with Crippen molar-refractivity contribution in [3.8, 4) is 5.75 Å². The summed E-state index contributed by atoms with van der Waals surface area (Å²) in [7, 11) is 0. The van der Waals surface area contributed by atoms with Crippen LogP contribution in [0.4, 0.5) is 0 Å². The summed E-state index contributed by atoms with van der Waals surface area (Å²) >= 11 is 0. The van der Waals surface area contributed by atoms with Crippen LogP contribution in [0.1, 0.15) is 17.2 Å². The van der Waals surface area contributed by atoms with E-state index < -0.39 is 0 Å². The molecule has 0 saturated heterocycles. The normalized spacial score (nSPS) is 12.1. The highest BCUT2D eigenvalue weighted by molar-refractivity contribution is 5.31. The summed E-state index contributed by atoms with van der Waals surface area (Å²) < 4.78 is 5.73. The molecule has 3 nitrogen and oxygen atoms in total. The van der Waals surface area contributed by atoms with E-state index in [4.69, 9.17) is 16.2 Å². The second-order valence-corrected chi connectivity index (χ2v) is 4.19. The molecule has 94 valence electrons. The first-order valence-corrected chi connectivity index (χ1v) is 6.02. The smallest absolute Gasteiger partial charge is 0.120 e. The Morgan fingerprint density at radius 3 is 2.50 bits per heavy atom. The predicted molar refractivity (Wildman–Crippen MR) is 73.2 cm³/mol. The van der Waals surface area contributed by atoms with E-state index in [-0.39, 0.29) is 6.04 Å². The molecule has 0 unspecified atom stereocenters. The molecule has 0 amide bonds. The fraction of sp³-hybridized carbons (Fsp3) is 0.200. The first-order chi connectivity index (χ1) is 8.79. The average molecular weight is 242 g/mol. The standard InChI is InChI=1S/C15H18N2O/c16-10-15(17)13-7-4-8-14(9-13)18-11-12-5-2-1-3-6-12/h1-9,15H,10-11,16-17H2/t15-/m1/s1. The third-order valence-electron chi connectivity index (χ3n) is 2.79. The van der Waals surface area contributed by atoms with Crippen LogP contribution in [0, 0.1) is 0 Å². The van der Waals surface area contributed by atoms with Gasteiger partial charge < -0.3 is 16.2 Å². The van der Waals surface area contributed by atoms with E-state index in [1.54, 1.807) is 0 Å². The van der Waals surface area contributed by atoms with Crippen molar-refractivity contribution in [1.29, 1.82) is 0 Å². The lowest BCUT2D eigenvalue weighted by Gasteiger charge is -2.11. The van der Waals surface area contributed by atoms with Crippen molar-refractivity contribution in [1.82, 2.24) is 0 Å². The molecule has 0 heterocycles. The molecule has 0 aliphatic carbocycles. The summed E-state index contributed by atoms with van der Waals surface area (Å²) in [5.74, 6) is 0.820. The molecule has 2 aromatic carbocycles. The van der Waals surface area contributed by atoms with Gasteiger partial charge in [0.1, 0.15) is 12.4 Å². The fourth-order valence-electron chi connectivity index (χ4n) is 1.71. The van der Waals surface area contributed by atoms with Crippen molar-refractivity contribution in [2.75, 3.05) is 6.54 Å². The van der Waals surface area contributed by atoms with Crippen LogP contribution in [0.2, 0.25) is 0 Å². The highest BCUT2D eigenvalue weighted by atomic mass is 16.5. The maximum atomic E-state index is 5.89. The highest BCUT2D eigenvalue weighted by Crippen LogP contribution is 2.18. The van der Waals surface area contributed by atoms with Gasteiger partial charge in [0.05, 0.1) is 0 Å². The summed E-state index contributed by atoms with van der Waals surface area (Å²) in [5.41, 5.74) is 13.6. The van der Waals surface area contributed by atoms with Gasteiger partial charge in [0.25, 0.3) is 0 Å². The zero-order chi connectivity index (χ0) is 12.8. The SMILES string of the molecule is NC[C@@H](N)c1cccc(OCc2ccccc2)c1. The van der Waals surface area contributed by atoms with E-state index in [0.717, 1.165) is 16.9 Å². The van der Waals surface area contributed by atoms with Crippen LogP contribution >= 0.6 is 0 Å². The molecule has 4 N–H and O–H groups in total. The molecule has 0 fully saturated rings. The highest BCUT2D eigenvalue weighted by Gasteiger charge is 2.04. The van der Waals surface area contributed by atoms with E-state index in [9.17, 15) is 0 Å². The molecule has 1 atom stereocenters. The van der Waals surface area contributed by atoms with E-state index >= 15 is 0 Å². The van der Waals surface area contributed by atoms with Gasteiger partial charge in [-0.3, -0.25) is 0 Å².